The summed E-state index contributed by atoms with van der Waals surface area (Å²) in [6, 6.07) is 1.11. The highest BCUT2D eigenvalue weighted by molar-refractivity contribution is 5.93. The van der Waals surface area contributed by atoms with E-state index >= 15 is 0 Å². The summed E-state index contributed by atoms with van der Waals surface area (Å²) in [5.41, 5.74) is 0.189. The van der Waals surface area contributed by atoms with E-state index in [4.69, 9.17) is 4.74 Å². The van der Waals surface area contributed by atoms with E-state index < -0.39 is 18.4 Å². The number of alkyl halides is 2. The molecule has 0 aromatic carbocycles. The average Bonchev–Trinajstić information content (AvgIpc) is 2.77. The summed E-state index contributed by atoms with van der Waals surface area (Å²) in [5.74, 6) is -0.931. The maximum Gasteiger partial charge on any atom is 0.333 e. The van der Waals surface area contributed by atoms with Crippen LogP contribution in [0.2, 0.25) is 0 Å². The summed E-state index contributed by atoms with van der Waals surface area (Å²) in [6.45, 7) is -0.197. The van der Waals surface area contributed by atoms with Gasteiger partial charge in [-0.25, -0.2) is 4.68 Å². The SMILES string of the molecule is Cc1cc(C(=O)N2C[C@@H]3COC[C@H](C2)N(C)C3=O)nn1C(F)F. The van der Waals surface area contributed by atoms with E-state index in [0.717, 1.165) is 0 Å². The predicted molar refractivity (Wildman–Crippen MR) is 75.0 cm³/mol. The van der Waals surface area contributed by atoms with Crippen LogP contribution in [0.25, 0.3) is 0 Å². The third-order valence-corrected chi connectivity index (χ3v) is 4.36. The van der Waals surface area contributed by atoms with Crippen molar-refractivity contribution in [2.24, 2.45) is 5.92 Å². The van der Waals surface area contributed by atoms with Crippen molar-refractivity contribution in [1.82, 2.24) is 19.6 Å². The molecule has 0 N–H and O–H groups in total. The number of aryl methyl sites for hydroxylation is 1. The normalized spacial score (nSPS) is 25.0. The van der Waals surface area contributed by atoms with Gasteiger partial charge in [0, 0.05) is 25.8 Å². The maximum absolute atomic E-state index is 12.8. The molecule has 0 unspecified atom stereocenters. The van der Waals surface area contributed by atoms with Gasteiger partial charge in [-0.05, 0) is 13.0 Å². The summed E-state index contributed by atoms with van der Waals surface area (Å²) in [7, 11) is 1.69. The smallest absolute Gasteiger partial charge is 0.333 e. The standard InChI is InChI=1S/C14H18F2N4O3/c1-8-3-11(17-20(8)14(15)16)13(22)19-4-9-6-23-7-10(5-19)18(2)12(9)21/h3,9-10,14H,4-7H2,1-2H3/t9-,10+/m1/s1. The van der Waals surface area contributed by atoms with Crippen LogP contribution < -0.4 is 0 Å². The fourth-order valence-electron chi connectivity index (χ4n) is 3.02. The van der Waals surface area contributed by atoms with Gasteiger partial charge in [-0.3, -0.25) is 9.59 Å². The molecule has 2 aliphatic heterocycles. The Hall–Kier alpha value is -2.03. The summed E-state index contributed by atoms with van der Waals surface area (Å²) in [5, 5.41) is 3.69. The molecule has 3 rings (SSSR count). The van der Waals surface area contributed by atoms with Crippen molar-refractivity contribution in [3.8, 4) is 0 Å². The lowest BCUT2D eigenvalue weighted by molar-refractivity contribution is -0.133. The Morgan fingerprint density at radius 3 is 2.78 bits per heavy atom. The summed E-state index contributed by atoms with van der Waals surface area (Å²) in [6.07, 6.45) is 0. The molecule has 2 aliphatic rings. The van der Waals surface area contributed by atoms with Crippen molar-refractivity contribution < 1.29 is 23.1 Å². The van der Waals surface area contributed by atoms with E-state index in [-0.39, 0.29) is 36.5 Å². The van der Waals surface area contributed by atoms with Crippen LogP contribution >= 0.6 is 0 Å². The molecule has 2 saturated heterocycles. The van der Waals surface area contributed by atoms with Gasteiger partial charge < -0.3 is 14.5 Å². The van der Waals surface area contributed by atoms with E-state index in [1.54, 1.807) is 11.9 Å². The highest BCUT2D eigenvalue weighted by Crippen LogP contribution is 2.22. The topological polar surface area (TPSA) is 67.7 Å². The molecule has 3 heterocycles. The lowest BCUT2D eigenvalue weighted by atomic mass is 10.1. The number of carbonyl (C=O) groups excluding carboxylic acids is 2. The molecule has 2 amide bonds. The predicted octanol–water partition coefficient (Wildman–Crippen LogP) is 0.516. The molecular formula is C14H18F2N4O3. The quantitative estimate of drug-likeness (QED) is 0.794. The van der Waals surface area contributed by atoms with Crippen LogP contribution in [0.4, 0.5) is 8.78 Å². The van der Waals surface area contributed by atoms with Gasteiger partial charge in [0.15, 0.2) is 5.69 Å². The number of ether oxygens (including phenoxy) is 1. The lowest BCUT2D eigenvalue weighted by Crippen LogP contribution is -2.45. The van der Waals surface area contributed by atoms with E-state index in [1.807, 2.05) is 0 Å². The van der Waals surface area contributed by atoms with Gasteiger partial charge in [-0.1, -0.05) is 0 Å². The van der Waals surface area contributed by atoms with Crippen molar-refractivity contribution in [2.75, 3.05) is 33.4 Å². The van der Waals surface area contributed by atoms with Crippen LogP contribution in [0, 0.1) is 12.8 Å². The fourth-order valence-corrected chi connectivity index (χ4v) is 3.02. The van der Waals surface area contributed by atoms with Crippen molar-refractivity contribution in [3.63, 3.8) is 0 Å². The average molecular weight is 328 g/mol. The van der Waals surface area contributed by atoms with Gasteiger partial charge in [0.1, 0.15) is 0 Å². The number of rotatable bonds is 2. The second-order valence-corrected chi connectivity index (χ2v) is 5.94. The molecule has 0 saturated carbocycles. The number of amides is 2. The van der Waals surface area contributed by atoms with E-state index in [9.17, 15) is 18.4 Å². The number of nitrogens with zero attached hydrogens (tertiary/aromatic N) is 4. The second-order valence-electron chi connectivity index (χ2n) is 5.94. The molecule has 0 aliphatic carbocycles. The third-order valence-electron chi connectivity index (χ3n) is 4.36. The third kappa shape index (κ3) is 2.80. The molecule has 1 aromatic rings. The molecular weight excluding hydrogens is 310 g/mol. The Balaban J connectivity index is 1.85. The molecule has 126 valence electrons. The van der Waals surface area contributed by atoms with E-state index in [0.29, 0.717) is 17.8 Å². The highest BCUT2D eigenvalue weighted by Gasteiger charge is 2.39. The minimum atomic E-state index is -2.79. The van der Waals surface area contributed by atoms with Gasteiger partial charge in [0.2, 0.25) is 5.91 Å². The van der Waals surface area contributed by atoms with Gasteiger partial charge >= 0.3 is 6.55 Å². The number of fused-ring (bicyclic) bond motifs is 3. The van der Waals surface area contributed by atoms with Crippen molar-refractivity contribution >= 4 is 11.8 Å². The summed E-state index contributed by atoms with van der Waals surface area (Å²) >= 11 is 0. The Labute approximate surface area is 131 Å². The number of hydrogen-bond donors (Lipinski definition) is 0. The second kappa shape index (κ2) is 5.88. The molecule has 7 nitrogen and oxygen atoms in total. The highest BCUT2D eigenvalue weighted by atomic mass is 19.3. The Morgan fingerprint density at radius 1 is 1.39 bits per heavy atom. The number of likely N-dealkylation sites (N-methyl/N-ethyl adjacent to an activating group) is 1. The minimum Gasteiger partial charge on any atom is -0.378 e. The van der Waals surface area contributed by atoms with E-state index in [2.05, 4.69) is 5.10 Å². The van der Waals surface area contributed by atoms with Crippen LogP contribution in [0.3, 0.4) is 0 Å². The van der Waals surface area contributed by atoms with Gasteiger partial charge in [-0.15, -0.1) is 0 Å². The fraction of sp³-hybridized carbons (Fsp3) is 0.643. The molecule has 2 bridgehead atoms. The van der Waals surface area contributed by atoms with Crippen LogP contribution in [-0.4, -0.2) is 70.8 Å². The van der Waals surface area contributed by atoms with Crippen molar-refractivity contribution in [1.29, 1.82) is 0 Å². The lowest BCUT2D eigenvalue weighted by Gasteiger charge is -2.28. The summed E-state index contributed by atoms with van der Waals surface area (Å²) in [4.78, 5) is 28.0. The molecule has 0 radical (unpaired) electrons. The zero-order valence-corrected chi connectivity index (χ0v) is 12.9. The minimum absolute atomic E-state index is 0.0289. The first kappa shape index (κ1) is 15.9. The molecule has 9 heteroatoms. The number of halogens is 2. The van der Waals surface area contributed by atoms with Gasteiger partial charge in [0.05, 0.1) is 25.2 Å². The van der Waals surface area contributed by atoms with Crippen LogP contribution in [0.5, 0.6) is 0 Å². The Bertz CT molecular complexity index is 634. The molecule has 2 atom stereocenters. The molecule has 0 spiro atoms. The van der Waals surface area contributed by atoms with Crippen LogP contribution in [0.15, 0.2) is 6.07 Å². The Kier molecular flexibility index (Phi) is 4.05. The zero-order valence-electron chi connectivity index (χ0n) is 12.9. The monoisotopic (exact) mass is 328 g/mol. The van der Waals surface area contributed by atoms with Crippen LogP contribution in [-0.2, 0) is 9.53 Å². The Morgan fingerprint density at radius 2 is 2.13 bits per heavy atom. The van der Waals surface area contributed by atoms with Gasteiger partial charge in [0.25, 0.3) is 5.91 Å². The first-order valence-electron chi connectivity index (χ1n) is 7.36. The number of carbonyl (C=O) groups is 2. The van der Waals surface area contributed by atoms with Gasteiger partial charge in [-0.2, -0.15) is 13.9 Å². The largest absolute Gasteiger partial charge is 0.378 e. The summed E-state index contributed by atoms with van der Waals surface area (Å²) < 4.78 is 31.6. The van der Waals surface area contributed by atoms with E-state index in [1.165, 1.54) is 17.9 Å². The molecule has 2 fully saturated rings. The first-order valence-corrected chi connectivity index (χ1v) is 7.36. The molecule has 23 heavy (non-hydrogen) atoms. The van der Waals surface area contributed by atoms with Crippen molar-refractivity contribution in [3.05, 3.63) is 17.5 Å². The zero-order chi connectivity index (χ0) is 16.7. The van der Waals surface area contributed by atoms with Crippen LogP contribution in [0.1, 0.15) is 22.7 Å². The van der Waals surface area contributed by atoms with Crippen molar-refractivity contribution in [2.45, 2.75) is 19.5 Å². The molecule has 1 aromatic heterocycles. The number of hydrogen-bond acceptors (Lipinski definition) is 4. The first-order chi connectivity index (χ1) is 10.9. The maximum atomic E-state index is 12.8. The number of aromatic nitrogens is 2.